The number of ketones is 1. The Morgan fingerprint density at radius 1 is 1.14 bits per heavy atom. The second-order valence-electron chi connectivity index (χ2n) is 8.15. The standard InChI is InChI=1S/C26H25N3O6/c1-14-19(15(2)28-21(14)26(33)35-4)23(30)20-22(17-9-5-6-10-18(17)34-3)29(25(32)24(20)31)13-16-8-7-11-27-12-16/h5-12,22,28,30H,13H2,1-4H3/b23-20+. The van der Waals surface area contributed by atoms with Crippen LogP contribution in [0.15, 0.2) is 54.4 Å². The summed E-state index contributed by atoms with van der Waals surface area (Å²) in [5.41, 5.74) is 2.45. The maximum Gasteiger partial charge on any atom is 0.354 e. The molecule has 2 N–H and O–H groups in total. The summed E-state index contributed by atoms with van der Waals surface area (Å²) in [5, 5.41) is 11.5. The molecule has 1 amide bonds. The fraction of sp³-hybridized carbons (Fsp3) is 0.231. The van der Waals surface area contributed by atoms with Crippen LogP contribution < -0.4 is 4.74 Å². The Bertz CT molecular complexity index is 1340. The molecule has 1 atom stereocenters. The third-order valence-electron chi connectivity index (χ3n) is 6.11. The quantitative estimate of drug-likeness (QED) is 0.242. The van der Waals surface area contributed by atoms with Gasteiger partial charge in [0.05, 0.1) is 25.8 Å². The summed E-state index contributed by atoms with van der Waals surface area (Å²) in [4.78, 5) is 47.2. The lowest BCUT2D eigenvalue weighted by molar-refractivity contribution is -0.140. The molecule has 180 valence electrons. The van der Waals surface area contributed by atoms with Crippen molar-refractivity contribution in [2.24, 2.45) is 0 Å². The van der Waals surface area contributed by atoms with Crippen molar-refractivity contribution in [2.75, 3.05) is 14.2 Å². The molecule has 1 fully saturated rings. The number of benzene rings is 1. The van der Waals surface area contributed by atoms with E-state index in [1.165, 1.54) is 19.1 Å². The summed E-state index contributed by atoms with van der Waals surface area (Å²) in [7, 11) is 2.75. The number of methoxy groups -OCH3 is 2. The van der Waals surface area contributed by atoms with Crippen molar-refractivity contribution in [3.63, 3.8) is 0 Å². The van der Waals surface area contributed by atoms with Gasteiger partial charge in [-0.2, -0.15) is 0 Å². The molecular weight excluding hydrogens is 450 g/mol. The number of para-hydroxylation sites is 1. The maximum atomic E-state index is 13.4. The molecule has 0 bridgehead atoms. The van der Waals surface area contributed by atoms with Gasteiger partial charge in [-0.3, -0.25) is 14.6 Å². The first kappa shape index (κ1) is 23.7. The third-order valence-corrected chi connectivity index (χ3v) is 6.11. The van der Waals surface area contributed by atoms with Crippen molar-refractivity contribution in [1.82, 2.24) is 14.9 Å². The molecule has 35 heavy (non-hydrogen) atoms. The lowest BCUT2D eigenvalue weighted by Crippen LogP contribution is -2.29. The van der Waals surface area contributed by atoms with Crippen LogP contribution >= 0.6 is 0 Å². The van der Waals surface area contributed by atoms with Gasteiger partial charge in [-0.25, -0.2) is 4.79 Å². The monoisotopic (exact) mass is 475 g/mol. The number of Topliss-reactive ketones (excluding diaryl/α,β-unsaturated/α-hetero) is 1. The van der Waals surface area contributed by atoms with Gasteiger partial charge in [0.1, 0.15) is 17.2 Å². The van der Waals surface area contributed by atoms with E-state index >= 15 is 0 Å². The van der Waals surface area contributed by atoms with Crippen molar-refractivity contribution in [3.05, 3.63) is 88.0 Å². The Morgan fingerprint density at radius 2 is 1.89 bits per heavy atom. The highest BCUT2D eigenvalue weighted by Gasteiger charge is 2.47. The zero-order valence-corrected chi connectivity index (χ0v) is 19.8. The van der Waals surface area contributed by atoms with Crippen LogP contribution in [0.3, 0.4) is 0 Å². The number of rotatable bonds is 6. The molecule has 1 aromatic carbocycles. The normalized spacial score (nSPS) is 17.0. The number of hydrogen-bond donors (Lipinski definition) is 2. The second kappa shape index (κ2) is 9.46. The Hall–Kier alpha value is -4.40. The largest absolute Gasteiger partial charge is 0.507 e. The van der Waals surface area contributed by atoms with E-state index < -0.39 is 23.7 Å². The molecule has 1 aliphatic rings. The number of aryl methyl sites for hydroxylation is 1. The van der Waals surface area contributed by atoms with Crippen molar-refractivity contribution >= 4 is 23.4 Å². The Labute approximate surface area is 202 Å². The van der Waals surface area contributed by atoms with E-state index in [0.29, 0.717) is 22.6 Å². The van der Waals surface area contributed by atoms with E-state index in [4.69, 9.17) is 9.47 Å². The summed E-state index contributed by atoms with van der Waals surface area (Å²) in [5.74, 6) is -2.12. The highest BCUT2D eigenvalue weighted by atomic mass is 16.5. The summed E-state index contributed by atoms with van der Waals surface area (Å²) in [6.45, 7) is 3.39. The van der Waals surface area contributed by atoms with E-state index in [-0.39, 0.29) is 29.1 Å². The lowest BCUT2D eigenvalue weighted by atomic mass is 9.93. The van der Waals surface area contributed by atoms with Crippen molar-refractivity contribution < 1.29 is 29.0 Å². The Kier molecular flexibility index (Phi) is 6.42. The minimum Gasteiger partial charge on any atom is -0.507 e. The van der Waals surface area contributed by atoms with E-state index in [9.17, 15) is 19.5 Å². The number of nitrogens with zero attached hydrogens (tertiary/aromatic N) is 2. The topological polar surface area (TPSA) is 122 Å². The maximum absolute atomic E-state index is 13.4. The van der Waals surface area contributed by atoms with Crippen LogP contribution in [-0.2, 0) is 20.9 Å². The van der Waals surface area contributed by atoms with E-state index in [1.807, 2.05) is 0 Å². The summed E-state index contributed by atoms with van der Waals surface area (Å²) in [6.07, 6.45) is 3.23. The molecular formula is C26H25N3O6. The van der Waals surface area contributed by atoms with Crippen LogP contribution in [0.1, 0.15) is 44.5 Å². The third kappa shape index (κ3) is 4.05. The van der Waals surface area contributed by atoms with Gasteiger partial charge >= 0.3 is 5.97 Å². The van der Waals surface area contributed by atoms with Crippen LogP contribution in [-0.4, -0.2) is 51.9 Å². The van der Waals surface area contributed by atoms with E-state index in [1.54, 1.807) is 62.6 Å². The number of amides is 1. The summed E-state index contributed by atoms with van der Waals surface area (Å²) < 4.78 is 10.3. The molecule has 2 aromatic heterocycles. The zero-order chi connectivity index (χ0) is 25.3. The lowest BCUT2D eigenvalue weighted by Gasteiger charge is -2.26. The zero-order valence-electron chi connectivity index (χ0n) is 19.8. The van der Waals surface area contributed by atoms with Gasteiger partial charge in [-0.05, 0) is 37.1 Å². The number of aliphatic hydroxyl groups is 1. The molecule has 0 spiro atoms. The minimum atomic E-state index is -0.929. The van der Waals surface area contributed by atoms with Crippen LogP contribution in [0.5, 0.6) is 5.75 Å². The first-order valence-corrected chi connectivity index (χ1v) is 10.9. The highest BCUT2D eigenvalue weighted by Crippen LogP contribution is 2.44. The number of carbonyl (C=O) groups is 3. The molecule has 9 nitrogen and oxygen atoms in total. The summed E-state index contributed by atoms with van der Waals surface area (Å²) >= 11 is 0. The molecule has 1 aliphatic heterocycles. The number of pyridine rings is 1. The van der Waals surface area contributed by atoms with Crippen LogP contribution in [0.4, 0.5) is 0 Å². The van der Waals surface area contributed by atoms with Gasteiger partial charge in [0.15, 0.2) is 0 Å². The average molecular weight is 476 g/mol. The number of aliphatic hydroxyl groups excluding tert-OH is 1. The molecule has 0 saturated carbocycles. The predicted molar refractivity (Wildman–Crippen MR) is 127 cm³/mol. The van der Waals surface area contributed by atoms with E-state index in [2.05, 4.69) is 9.97 Å². The molecule has 1 saturated heterocycles. The SMILES string of the molecule is COC(=O)c1[nH]c(C)c(/C(O)=C2\C(=O)C(=O)N(Cc3cccnc3)C2c2ccccc2OC)c1C. The van der Waals surface area contributed by atoms with Gasteiger partial charge < -0.3 is 24.5 Å². The average Bonchev–Trinajstić information content (AvgIpc) is 3.31. The Balaban J connectivity index is 1.95. The van der Waals surface area contributed by atoms with Gasteiger partial charge in [0.25, 0.3) is 11.7 Å². The molecule has 9 heteroatoms. The highest BCUT2D eigenvalue weighted by molar-refractivity contribution is 6.46. The number of nitrogens with one attached hydrogen (secondary N) is 1. The fourth-order valence-corrected chi connectivity index (χ4v) is 4.49. The van der Waals surface area contributed by atoms with Crippen molar-refractivity contribution in [2.45, 2.75) is 26.4 Å². The fourth-order valence-electron chi connectivity index (χ4n) is 4.49. The number of likely N-dealkylation sites (tertiary alicyclic amines) is 1. The minimum absolute atomic E-state index is 0.0926. The van der Waals surface area contributed by atoms with Gasteiger partial charge in [0.2, 0.25) is 0 Å². The van der Waals surface area contributed by atoms with E-state index in [0.717, 1.165) is 5.56 Å². The van der Waals surface area contributed by atoms with Gasteiger partial charge in [-0.1, -0.05) is 24.3 Å². The predicted octanol–water partition coefficient (Wildman–Crippen LogP) is 3.44. The molecule has 1 unspecified atom stereocenters. The number of aromatic nitrogens is 2. The van der Waals surface area contributed by atoms with Gasteiger partial charge in [0, 0.05) is 35.8 Å². The molecule has 3 aromatic rings. The van der Waals surface area contributed by atoms with Crippen molar-refractivity contribution in [3.8, 4) is 5.75 Å². The Morgan fingerprint density at radius 3 is 2.54 bits per heavy atom. The van der Waals surface area contributed by atoms with Gasteiger partial charge in [-0.15, -0.1) is 0 Å². The number of H-pyrrole nitrogens is 1. The molecule has 4 rings (SSSR count). The molecule has 0 radical (unpaired) electrons. The first-order chi connectivity index (χ1) is 16.8. The molecule has 3 heterocycles. The number of aromatic amines is 1. The number of esters is 1. The van der Waals surface area contributed by atoms with Crippen molar-refractivity contribution in [1.29, 1.82) is 0 Å². The van der Waals surface area contributed by atoms with Crippen LogP contribution in [0.25, 0.3) is 5.76 Å². The number of hydrogen-bond acceptors (Lipinski definition) is 7. The second-order valence-corrected chi connectivity index (χ2v) is 8.15. The van der Waals surface area contributed by atoms with Crippen LogP contribution in [0.2, 0.25) is 0 Å². The molecule has 0 aliphatic carbocycles. The van der Waals surface area contributed by atoms with Crippen LogP contribution in [0, 0.1) is 13.8 Å². The number of ether oxygens (including phenoxy) is 2. The summed E-state index contributed by atoms with van der Waals surface area (Å²) in [6, 6.07) is 9.63. The first-order valence-electron chi connectivity index (χ1n) is 10.9. The number of carbonyl (C=O) groups excluding carboxylic acids is 3. The smallest absolute Gasteiger partial charge is 0.354 e.